The molecular weight excluding hydrogens is 574 g/mol. The van der Waals surface area contributed by atoms with Gasteiger partial charge in [-0.05, 0) is 66.6 Å². The van der Waals surface area contributed by atoms with Crippen LogP contribution in [0.3, 0.4) is 0 Å². The summed E-state index contributed by atoms with van der Waals surface area (Å²) in [4.78, 5) is 30.8. The van der Waals surface area contributed by atoms with Crippen molar-refractivity contribution in [2.45, 2.75) is 32.6 Å². The van der Waals surface area contributed by atoms with Crippen LogP contribution in [-0.2, 0) is 6.42 Å². The Morgan fingerprint density at radius 2 is 1.64 bits per heavy atom. The molecule has 0 amide bonds. The summed E-state index contributed by atoms with van der Waals surface area (Å²) < 4.78 is 14.5. The summed E-state index contributed by atoms with van der Waals surface area (Å²) in [6, 6.07) is 25.0. The van der Waals surface area contributed by atoms with Gasteiger partial charge in [-0.2, -0.15) is 19.7 Å². The first-order valence-electron chi connectivity index (χ1n) is 14.5. The van der Waals surface area contributed by atoms with Crippen molar-refractivity contribution in [2.75, 3.05) is 13.7 Å². The van der Waals surface area contributed by atoms with Crippen LogP contribution in [0, 0.1) is 0 Å². The topological polar surface area (TPSA) is 101 Å². The first kappa shape index (κ1) is 29.0. The number of hydrogen-bond acceptors (Lipinski definition) is 8. The summed E-state index contributed by atoms with van der Waals surface area (Å²) in [5.41, 5.74) is 3.48. The minimum absolute atomic E-state index is 0.198. The zero-order valence-electron chi connectivity index (χ0n) is 24.5. The average molecular weight is 606 g/mol. The molecule has 44 heavy (non-hydrogen) atoms. The van der Waals surface area contributed by atoms with E-state index in [0.717, 1.165) is 58.7 Å². The molecule has 0 aliphatic heterocycles. The molecule has 0 saturated heterocycles. The van der Waals surface area contributed by atoms with E-state index in [1.54, 1.807) is 17.9 Å². The van der Waals surface area contributed by atoms with Crippen molar-refractivity contribution >= 4 is 22.4 Å². The molecule has 3 aromatic heterocycles. The first-order valence-corrected chi connectivity index (χ1v) is 15.3. The van der Waals surface area contributed by atoms with Crippen LogP contribution in [-0.4, -0.2) is 38.1 Å². The largest absolute Gasteiger partial charge is 0.497 e. The number of hydrogen-bond donors (Lipinski definition) is 0. The summed E-state index contributed by atoms with van der Waals surface area (Å²) >= 11 is 1.12. The van der Waals surface area contributed by atoms with Crippen LogP contribution < -0.4 is 25.1 Å². The van der Waals surface area contributed by atoms with E-state index in [4.69, 9.17) is 14.6 Å². The van der Waals surface area contributed by atoms with Crippen molar-refractivity contribution in [3.05, 3.63) is 127 Å². The number of methoxy groups -OCH3 is 1. The van der Waals surface area contributed by atoms with Gasteiger partial charge in [-0.25, -0.2) is 4.68 Å². The smallest absolute Gasteiger partial charge is 0.296 e. The Balaban J connectivity index is 1.38. The van der Waals surface area contributed by atoms with Crippen LogP contribution >= 0.6 is 11.3 Å². The molecule has 0 fully saturated rings. The Morgan fingerprint density at radius 3 is 2.36 bits per heavy atom. The minimum atomic E-state index is -0.455. The number of aromatic nitrogens is 5. The number of unbranched alkanes of at least 4 members (excludes halogenated alkanes) is 2. The molecule has 6 rings (SSSR count). The molecule has 9 nitrogen and oxygen atoms in total. The fourth-order valence-electron chi connectivity index (χ4n) is 4.81. The number of rotatable bonds is 11. The van der Waals surface area contributed by atoms with E-state index in [1.165, 1.54) is 4.52 Å². The maximum atomic E-state index is 13.5. The van der Waals surface area contributed by atoms with Gasteiger partial charge in [0.15, 0.2) is 0 Å². The lowest BCUT2D eigenvalue weighted by Gasteiger charge is -2.06. The molecule has 3 aromatic carbocycles. The molecule has 0 saturated carbocycles. The van der Waals surface area contributed by atoms with Gasteiger partial charge in [0.25, 0.3) is 11.1 Å². The van der Waals surface area contributed by atoms with Crippen molar-refractivity contribution in [1.82, 2.24) is 24.4 Å². The number of thiazole rings is 1. The minimum Gasteiger partial charge on any atom is -0.497 e. The van der Waals surface area contributed by atoms with Crippen LogP contribution in [0.25, 0.3) is 28.0 Å². The van der Waals surface area contributed by atoms with Gasteiger partial charge in [0.1, 0.15) is 22.9 Å². The maximum absolute atomic E-state index is 13.5. The third-order valence-corrected chi connectivity index (χ3v) is 8.13. The maximum Gasteiger partial charge on any atom is 0.296 e. The SMILES string of the molecule is CCCCCOc1ccc(-c2nn(-c3ccccc3)cc2C=c2sc3nc(=O)c(Cc4ccc(OC)cc4)nn3c2=O)cc1. The number of benzene rings is 3. The normalized spacial score (nSPS) is 11.7. The van der Waals surface area contributed by atoms with Gasteiger partial charge in [-0.3, -0.25) is 9.59 Å². The molecule has 3 heterocycles. The second kappa shape index (κ2) is 13.0. The van der Waals surface area contributed by atoms with E-state index in [9.17, 15) is 9.59 Å². The molecule has 0 radical (unpaired) electrons. The summed E-state index contributed by atoms with van der Waals surface area (Å²) in [6.45, 7) is 2.85. The molecule has 0 aliphatic rings. The molecule has 10 heteroatoms. The van der Waals surface area contributed by atoms with E-state index < -0.39 is 5.56 Å². The molecule has 222 valence electrons. The third-order valence-electron chi connectivity index (χ3n) is 7.18. The fraction of sp³-hybridized carbons (Fsp3) is 0.206. The number of para-hydroxylation sites is 1. The van der Waals surface area contributed by atoms with Crippen LogP contribution in [0.15, 0.2) is 94.6 Å². The molecule has 0 aliphatic carbocycles. The Hall–Kier alpha value is -5.09. The van der Waals surface area contributed by atoms with Crippen molar-refractivity contribution in [3.63, 3.8) is 0 Å². The highest BCUT2D eigenvalue weighted by atomic mass is 32.1. The second-order valence-electron chi connectivity index (χ2n) is 10.3. The van der Waals surface area contributed by atoms with Crippen LogP contribution in [0.4, 0.5) is 0 Å². The number of ether oxygens (including phenoxy) is 2. The van der Waals surface area contributed by atoms with Gasteiger partial charge in [0.2, 0.25) is 4.96 Å². The highest BCUT2D eigenvalue weighted by Gasteiger charge is 2.15. The first-order chi connectivity index (χ1) is 21.5. The predicted molar refractivity (Wildman–Crippen MR) is 172 cm³/mol. The average Bonchev–Trinajstić information content (AvgIpc) is 3.61. The third kappa shape index (κ3) is 6.30. The van der Waals surface area contributed by atoms with Crippen LogP contribution in [0.2, 0.25) is 0 Å². The van der Waals surface area contributed by atoms with E-state index in [2.05, 4.69) is 17.0 Å². The van der Waals surface area contributed by atoms with Gasteiger partial charge in [0.05, 0.1) is 23.9 Å². The standard InChI is InChI=1S/C34H31N5O4S/c1-3-4-8-19-43-28-17-13-24(14-18-28)31-25(22-38(37-31)26-9-6-5-7-10-26)21-30-33(41)39-34(44-30)35-32(40)29(36-39)20-23-11-15-27(42-2)16-12-23/h5-7,9-18,21-22H,3-4,8,19-20H2,1-2H3. The molecule has 0 N–H and O–H groups in total. The predicted octanol–water partition coefficient (Wildman–Crippen LogP) is 5.08. The van der Waals surface area contributed by atoms with Gasteiger partial charge < -0.3 is 9.47 Å². The molecule has 6 aromatic rings. The molecular formula is C34H31N5O4S. The van der Waals surface area contributed by atoms with Gasteiger partial charge in [0, 0.05) is 23.7 Å². The van der Waals surface area contributed by atoms with Crippen LogP contribution in [0.1, 0.15) is 43.0 Å². The molecule has 0 bridgehead atoms. The number of fused-ring (bicyclic) bond motifs is 1. The Labute approximate surface area is 257 Å². The lowest BCUT2D eigenvalue weighted by Crippen LogP contribution is -2.28. The number of nitrogens with zero attached hydrogens (tertiary/aromatic N) is 5. The fourth-order valence-corrected chi connectivity index (χ4v) is 5.71. The van der Waals surface area contributed by atoms with Gasteiger partial charge in [-0.15, -0.1) is 0 Å². The zero-order chi connectivity index (χ0) is 30.5. The molecule has 0 unspecified atom stereocenters. The zero-order valence-corrected chi connectivity index (χ0v) is 25.3. The second-order valence-corrected chi connectivity index (χ2v) is 11.3. The van der Waals surface area contributed by atoms with Gasteiger partial charge >= 0.3 is 0 Å². The van der Waals surface area contributed by atoms with E-state index >= 15 is 0 Å². The Bertz CT molecular complexity index is 2050. The lowest BCUT2D eigenvalue weighted by atomic mass is 10.1. The van der Waals surface area contributed by atoms with E-state index in [1.807, 2.05) is 85.1 Å². The van der Waals surface area contributed by atoms with E-state index in [0.29, 0.717) is 22.6 Å². The lowest BCUT2D eigenvalue weighted by molar-refractivity contribution is 0.306. The summed E-state index contributed by atoms with van der Waals surface area (Å²) in [5, 5.41) is 9.29. The summed E-state index contributed by atoms with van der Waals surface area (Å²) in [5.74, 6) is 1.52. The van der Waals surface area contributed by atoms with Crippen molar-refractivity contribution in [2.24, 2.45) is 0 Å². The summed E-state index contributed by atoms with van der Waals surface area (Å²) in [6.07, 6.45) is 7.22. The summed E-state index contributed by atoms with van der Waals surface area (Å²) in [7, 11) is 1.60. The molecule has 0 atom stereocenters. The van der Waals surface area contributed by atoms with Crippen molar-refractivity contribution in [3.8, 4) is 28.4 Å². The van der Waals surface area contributed by atoms with Crippen molar-refractivity contribution < 1.29 is 9.47 Å². The highest BCUT2D eigenvalue weighted by Crippen LogP contribution is 2.26. The Kier molecular flexibility index (Phi) is 8.60. The van der Waals surface area contributed by atoms with Crippen LogP contribution in [0.5, 0.6) is 11.5 Å². The highest BCUT2D eigenvalue weighted by molar-refractivity contribution is 7.15. The quantitative estimate of drug-likeness (QED) is 0.190. The monoisotopic (exact) mass is 605 g/mol. The Morgan fingerprint density at radius 1 is 0.886 bits per heavy atom. The van der Waals surface area contributed by atoms with Gasteiger partial charge in [-0.1, -0.05) is 61.4 Å². The molecule has 0 spiro atoms. The van der Waals surface area contributed by atoms with Crippen molar-refractivity contribution in [1.29, 1.82) is 0 Å². The van der Waals surface area contributed by atoms with E-state index in [-0.39, 0.29) is 22.6 Å².